The Labute approximate surface area is 133 Å². The molecule has 7 heteroatoms. The van der Waals surface area contributed by atoms with E-state index < -0.39 is 11.9 Å². The molecule has 0 spiro atoms. The minimum absolute atomic E-state index is 0.114. The van der Waals surface area contributed by atoms with Crippen molar-refractivity contribution < 1.29 is 19.1 Å². The number of nitrogens with zero attached hydrogens (tertiary/aromatic N) is 1. The number of piperidine rings is 1. The second-order valence-electron chi connectivity index (χ2n) is 5.88. The number of hydrogen-bond donors (Lipinski definition) is 2. The molecule has 0 aliphatic carbocycles. The molecular weight excluding hydrogens is 298 g/mol. The molecule has 23 heavy (non-hydrogen) atoms. The Morgan fingerprint density at radius 1 is 1.39 bits per heavy atom. The topological polar surface area (TPSA) is 102 Å². The lowest BCUT2D eigenvalue weighted by Crippen LogP contribution is -2.52. The maximum Gasteiger partial charge on any atom is 0.255 e. The van der Waals surface area contributed by atoms with E-state index in [9.17, 15) is 14.4 Å². The monoisotopic (exact) mass is 317 g/mol. The zero-order chi connectivity index (χ0) is 16.6. The summed E-state index contributed by atoms with van der Waals surface area (Å²) in [6, 6.07) is 4.66. The molecule has 7 nitrogen and oxygen atoms in total. The summed E-state index contributed by atoms with van der Waals surface area (Å²) in [6.45, 7) is 2.61. The zero-order valence-electron chi connectivity index (χ0n) is 12.9. The van der Waals surface area contributed by atoms with Crippen molar-refractivity contribution in [2.45, 2.75) is 38.5 Å². The zero-order valence-corrected chi connectivity index (χ0v) is 12.9. The van der Waals surface area contributed by atoms with Crippen LogP contribution in [0.1, 0.15) is 35.7 Å². The summed E-state index contributed by atoms with van der Waals surface area (Å²) in [5, 5.41) is 2.29. The van der Waals surface area contributed by atoms with Gasteiger partial charge in [0.25, 0.3) is 5.91 Å². The van der Waals surface area contributed by atoms with Crippen LogP contribution >= 0.6 is 0 Å². The fourth-order valence-electron chi connectivity index (χ4n) is 2.90. The number of carbonyl (C=O) groups is 3. The van der Waals surface area contributed by atoms with Crippen molar-refractivity contribution in [3.63, 3.8) is 0 Å². The van der Waals surface area contributed by atoms with Gasteiger partial charge in [-0.25, -0.2) is 0 Å². The molecule has 3 amide bonds. The van der Waals surface area contributed by atoms with Crippen LogP contribution in [-0.2, 0) is 16.1 Å². The number of imide groups is 1. The van der Waals surface area contributed by atoms with Crippen LogP contribution in [0.25, 0.3) is 0 Å². The molecule has 122 valence electrons. The molecule has 1 fully saturated rings. The molecule has 2 aliphatic heterocycles. The SMILES string of the molecule is CC(CN)Oc1ccc2c(c1)CN(C1CCC(=O)NC1=O)C2=O. The van der Waals surface area contributed by atoms with E-state index in [-0.39, 0.29) is 24.3 Å². The van der Waals surface area contributed by atoms with Crippen molar-refractivity contribution in [3.8, 4) is 5.75 Å². The molecule has 1 aromatic carbocycles. The minimum Gasteiger partial charge on any atom is -0.489 e. The third kappa shape index (κ3) is 2.92. The normalized spacial score (nSPS) is 21.9. The highest BCUT2D eigenvalue weighted by Gasteiger charge is 2.39. The summed E-state index contributed by atoms with van der Waals surface area (Å²) in [5.74, 6) is -0.231. The van der Waals surface area contributed by atoms with Gasteiger partial charge in [0.05, 0.1) is 0 Å². The molecule has 0 saturated carbocycles. The second-order valence-corrected chi connectivity index (χ2v) is 5.88. The molecule has 3 N–H and O–H groups in total. The first-order valence-electron chi connectivity index (χ1n) is 7.64. The van der Waals surface area contributed by atoms with Crippen molar-refractivity contribution >= 4 is 17.7 Å². The highest BCUT2D eigenvalue weighted by molar-refractivity contribution is 6.05. The summed E-state index contributed by atoms with van der Waals surface area (Å²) >= 11 is 0. The van der Waals surface area contributed by atoms with Crippen LogP contribution in [0, 0.1) is 0 Å². The first-order chi connectivity index (χ1) is 11.0. The van der Waals surface area contributed by atoms with Crippen molar-refractivity contribution in [2.24, 2.45) is 5.73 Å². The average Bonchev–Trinajstić information content (AvgIpc) is 2.83. The Kier molecular flexibility index (Phi) is 4.04. The average molecular weight is 317 g/mol. The predicted molar refractivity (Wildman–Crippen MR) is 81.6 cm³/mol. The fourth-order valence-corrected chi connectivity index (χ4v) is 2.90. The number of ether oxygens (including phenoxy) is 1. The fraction of sp³-hybridized carbons (Fsp3) is 0.438. The predicted octanol–water partition coefficient (Wildman–Crippen LogP) is 0.174. The Morgan fingerprint density at radius 3 is 2.87 bits per heavy atom. The van der Waals surface area contributed by atoms with E-state index in [1.165, 1.54) is 4.90 Å². The van der Waals surface area contributed by atoms with Crippen LogP contribution in [-0.4, -0.2) is 41.3 Å². The van der Waals surface area contributed by atoms with Crippen molar-refractivity contribution in [1.82, 2.24) is 10.2 Å². The summed E-state index contributed by atoms with van der Waals surface area (Å²) in [6.07, 6.45) is 0.494. The van der Waals surface area contributed by atoms with Crippen LogP contribution < -0.4 is 15.8 Å². The third-order valence-corrected chi connectivity index (χ3v) is 4.16. The smallest absolute Gasteiger partial charge is 0.255 e. The van der Waals surface area contributed by atoms with Gasteiger partial charge in [-0.15, -0.1) is 0 Å². The lowest BCUT2D eigenvalue weighted by Gasteiger charge is -2.29. The van der Waals surface area contributed by atoms with E-state index in [4.69, 9.17) is 10.5 Å². The molecule has 0 radical (unpaired) electrons. The molecule has 2 unspecified atom stereocenters. The van der Waals surface area contributed by atoms with E-state index >= 15 is 0 Å². The van der Waals surface area contributed by atoms with Gasteiger partial charge in [0.1, 0.15) is 17.9 Å². The van der Waals surface area contributed by atoms with E-state index in [1.807, 2.05) is 13.0 Å². The van der Waals surface area contributed by atoms with Crippen molar-refractivity contribution in [1.29, 1.82) is 0 Å². The molecule has 1 saturated heterocycles. The standard InChI is InChI=1S/C16H19N3O4/c1-9(7-17)23-11-2-3-12-10(6-11)8-19(16(12)22)13-4-5-14(20)18-15(13)21/h2-3,6,9,13H,4-5,7-8,17H2,1H3,(H,18,20,21). The summed E-state index contributed by atoms with van der Waals surface area (Å²) in [4.78, 5) is 37.3. The number of nitrogens with two attached hydrogens (primary N) is 1. The number of nitrogens with one attached hydrogen (secondary N) is 1. The van der Waals surface area contributed by atoms with Crippen molar-refractivity contribution in [3.05, 3.63) is 29.3 Å². The Morgan fingerprint density at radius 2 is 2.17 bits per heavy atom. The molecular formula is C16H19N3O4. The number of amides is 3. The van der Waals surface area contributed by atoms with Crippen molar-refractivity contribution in [2.75, 3.05) is 6.54 Å². The number of carbonyl (C=O) groups excluding carboxylic acids is 3. The number of fused-ring (bicyclic) bond motifs is 1. The van der Waals surface area contributed by atoms with Gasteiger partial charge in [-0.3, -0.25) is 19.7 Å². The number of hydrogen-bond acceptors (Lipinski definition) is 5. The van der Waals surface area contributed by atoms with Gasteiger partial charge in [0, 0.05) is 25.1 Å². The maximum atomic E-state index is 12.5. The molecule has 0 bridgehead atoms. The van der Waals surface area contributed by atoms with Gasteiger partial charge in [0.2, 0.25) is 11.8 Å². The van der Waals surface area contributed by atoms with Crippen LogP contribution in [0.4, 0.5) is 0 Å². The Balaban J connectivity index is 1.79. The Hall–Kier alpha value is -2.41. The summed E-state index contributed by atoms with van der Waals surface area (Å²) in [5.41, 5.74) is 6.93. The summed E-state index contributed by atoms with van der Waals surface area (Å²) in [7, 11) is 0. The quantitative estimate of drug-likeness (QED) is 0.771. The van der Waals surface area contributed by atoms with Gasteiger partial charge in [-0.2, -0.15) is 0 Å². The van der Waals surface area contributed by atoms with Gasteiger partial charge >= 0.3 is 0 Å². The van der Waals surface area contributed by atoms with Gasteiger partial charge < -0.3 is 15.4 Å². The molecule has 1 aromatic rings. The van der Waals surface area contributed by atoms with Crippen LogP contribution in [0.15, 0.2) is 18.2 Å². The van der Waals surface area contributed by atoms with Gasteiger partial charge in [0.15, 0.2) is 0 Å². The molecule has 2 aliphatic rings. The lowest BCUT2D eigenvalue weighted by molar-refractivity contribution is -0.136. The van der Waals surface area contributed by atoms with Crippen LogP contribution in [0.2, 0.25) is 0 Å². The third-order valence-electron chi connectivity index (χ3n) is 4.16. The maximum absolute atomic E-state index is 12.5. The van der Waals surface area contributed by atoms with E-state index in [1.54, 1.807) is 12.1 Å². The number of benzene rings is 1. The van der Waals surface area contributed by atoms with E-state index in [2.05, 4.69) is 5.32 Å². The van der Waals surface area contributed by atoms with Gasteiger partial charge in [-0.05, 0) is 37.1 Å². The first-order valence-corrected chi connectivity index (χ1v) is 7.64. The molecule has 2 heterocycles. The van der Waals surface area contributed by atoms with E-state index in [0.717, 1.165) is 5.56 Å². The molecule has 3 rings (SSSR count). The first kappa shape index (κ1) is 15.5. The highest BCUT2D eigenvalue weighted by atomic mass is 16.5. The van der Waals surface area contributed by atoms with Gasteiger partial charge in [-0.1, -0.05) is 0 Å². The van der Waals surface area contributed by atoms with Crippen LogP contribution in [0.5, 0.6) is 5.75 Å². The lowest BCUT2D eigenvalue weighted by atomic mass is 10.0. The minimum atomic E-state index is -0.597. The number of rotatable bonds is 4. The largest absolute Gasteiger partial charge is 0.489 e. The summed E-state index contributed by atoms with van der Waals surface area (Å²) < 4.78 is 5.66. The highest BCUT2D eigenvalue weighted by Crippen LogP contribution is 2.30. The molecule has 2 atom stereocenters. The molecule has 0 aromatic heterocycles. The van der Waals surface area contributed by atoms with Crippen LogP contribution in [0.3, 0.4) is 0 Å². The second kappa shape index (κ2) is 6.00. The Bertz CT molecular complexity index is 673. The van der Waals surface area contributed by atoms with E-state index in [0.29, 0.717) is 30.8 Å².